The van der Waals surface area contributed by atoms with Gasteiger partial charge in [0.1, 0.15) is 24.7 Å². The third kappa shape index (κ3) is 10.0. The number of anilines is 2. The molecule has 0 spiro atoms. The number of phosphoric ester groups is 2. The minimum Gasteiger partial charge on any atom is -0.390 e. The number of nitrogens with two attached hydrogens (primary N) is 2. The maximum atomic E-state index is 11.7. The average Bonchev–Trinajstić information content (AvgIpc) is 3.71. The molecule has 49 heavy (non-hydrogen) atoms. The molecule has 0 bridgehead atoms. The van der Waals surface area contributed by atoms with Crippen LogP contribution in [0.3, 0.4) is 0 Å². The Kier molecular flexibility index (Phi) is 14.0. The first-order chi connectivity index (χ1) is 21.5. The normalized spacial score (nSPS) is 23.7. The van der Waals surface area contributed by atoms with Crippen molar-refractivity contribution in [3.63, 3.8) is 0 Å². The van der Waals surface area contributed by atoms with Crippen molar-refractivity contribution >= 4 is 49.9 Å². The van der Waals surface area contributed by atoms with E-state index in [1.165, 1.54) is 21.8 Å². The largest absolute Gasteiger partial charge is 2.00 e. The van der Waals surface area contributed by atoms with E-state index in [2.05, 4.69) is 39.0 Å². The predicted molar refractivity (Wildman–Crippen MR) is 160 cm³/mol. The molecule has 0 aromatic carbocycles. The molecule has 0 unspecified atom stereocenters. The maximum Gasteiger partial charge on any atom is 2.00 e. The number of nitrogen functional groups attached to an aromatic ring is 2. The molecule has 6 atom stereocenters. The summed E-state index contributed by atoms with van der Waals surface area (Å²) in [6.07, 6.45) is -2.51. The number of hydrogen-bond donors (Lipinski definition) is 12. The Morgan fingerprint density at radius 2 is 1.12 bits per heavy atom. The van der Waals surface area contributed by atoms with E-state index in [0.29, 0.717) is 0 Å². The van der Waals surface area contributed by atoms with Crippen molar-refractivity contribution in [2.24, 2.45) is 0 Å². The zero-order valence-corrected chi connectivity index (χ0v) is 28.9. The maximum absolute atomic E-state index is 11.7. The van der Waals surface area contributed by atoms with Crippen LogP contribution >= 0.6 is 15.6 Å². The van der Waals surface area contributed by atoms with Crippen LogP contribution in [0.1, 0.15) is 25.3 Å². The van der Waals surface area contributed by atoms with Gasteiger partial charge in [-0.15, -0.1) is 0 Å². The summed E-state index contributed by atoms with van der Waals surface area (Å²) >= 11 is 0. The third-order valence-electron chi connectivity index (χ3n) is 6.74. The summed E-state index contributed by atoms with van der Waals surface area (Å²) in [6, 6.07) is 0. The molecular formula is C20H34N12O14P2Pt+2. The standard InChI is InChI=1S/2C10H14N5O7P.2H3N.Pt/c2*11-10-13-8-7(9(17)14-10)12-3-15(8)6-1-4(16)5(22-6)2-21-23(18,19)20;;;/h2*3-6,16H,1-2H2,(H2,18,19,20)(H3,11,13,14,17);2*1H3;/q;;;;+2/t2*4-,5+,6+;;;/m00.../s1. The van der Waals surface area contributed by atoms with Gasteiger partial charge in [0, 0.05) is 12.8 Å². The fourth-order valence-electron chi connectivity index (χ4n) is 4.72. The number of fused-ring (bicyclic) bond motifs is 2. The number of aromatic nitrogens is 8. The Labute approximate surface area is 287 Å². The number of aromatic amines is 2. The van der Waals surface area contributed by atoms with E-state index in [4.69, 9.17) is 40.5 Å². The van der Waals surface area contributed by atoms with E-state index in [1.807, 2.05) is 0 Å². The summed E-state index contributed by atoms with van der Waals surface area (Å²) in [4.78, 5) is 78.6. The molecule has 4 aromatic rings. The molecule has 2 aliphatic heterocycles. The molecule has 276 valence electrons. The number of aliphatic hydroxyl groups is 2. The van der Waals surface area contributed by atoms with Gasteiger partial charge in [-0.2, -0.15) is 9.97 Å². The number of nitrogens with zero attached hydrogens (tertiary/aromatic N) is 6. The zero-order valence-electron chi connectivity index (χ0n) is 24.9. The molecule has 29 heteroatoms. The minimum absolute atomic E-state index is 0. The monoisotopic (exact) mass is 923 g/mol. The Balaban J connectivity index is 0.000000321. The molecule has 0 radical (unpaired) electrons. The number of phosphoric acid groups is 2. The van der Waals surface area contributed by atoms with Crippen LogP contribution in [0.2, 0.25) is 0 Å². The Hall–Kier alpha value is -3.03. The van der Waals surface area contributed by atoms with Gasteiger partial charge in [0.2, 0.25) is 11.9 Å². The number of imidazole rings is 2. The van der Waals surface area contributed by atoms with Crippen molar-refractivity contribution in [1.82, 2.24) is 51.3 Å². The van der Waals surface area contributed by atoms with Crippen molar-refractivity contribution in [1.29, 1.82) is 0 Å². The molecule has 2 saturated heterocycles. The number of ether oxygens (including phenoxy) is 2. The molecule has 0 aliphatic carbocycles. The quantitative estimate of drug-likeness (QED) is 0.0797. The second kappa shape index (κ2) is 16.3. The first-order valence-corrected chi connectivity index (χ1v) is 16.1. The molecule has 0 amide bonds. The Morgan fingerprint density at radius 3 is 1.45 bits per heavy atom. The van der Waals surface area contributed by atoms with E-state index < -0.39 is 76.8 Å². The van der Waals surface area contributed by atoms with Crippen LogP contribution in [0, 0.1) is 0 Å². The van der Waals surface area contributed by atoms with Gasteiger partial charge < -0.3 is 63.0 Å². The Morgan fingerprint density at radius 1 is 0.776 bits per heavy atom. The van der Waals surface area contributed by atoms with Gasteiger partial charge in [-0.1, -0.05) is 0 Å². The van der Waals surface area contributed by atoms with Gasteiger partial charge >= 0.3 is 36.7 Å². The fourth-order valence-corrected chi connectivity index (χ4v) is 5.40. The fraction of sp³-hybridized carbons (Fsp3) is 0.500. The molecule has 26 nitrogen and oxygen atoms in total. The van der Waals surface area contributed by atoms with Crippen LogP contribution in [0.15, 0.2) is 22.2 Å². The third-order valence-corrected chi connectivity index (χ3v) is 7.71. The summed E-state index contributed by atoms with van der Waals surface area (Å²) in [7, 11) is -9.32. The van der Waals surface area contributed by atoms with Crippen LogP contribution in [-0.2, 0) is 48.7 Å². The number of H-pyrrole nitrogens is 2. The first-order valence-electron chi connectivity index (χ1n) is 13.0. The van der Waals surface area contributed by atoms with Gasteiger partial charge in [-0.3, -0.25) is 37.7 Å². The smallest absolute Gasteiger partial charge is 0.390 e. The van der Waals surface area contributed by atoms with Crippen molar-refractivity contribution in [3.8, 4) is 0 Å². The van der Waals surface area contributed by atoms with Crippen LogP contribution in [0.25, 0.3) is 22.3 Å². The van der Waals surface area contributed by atoms with Crippen molar-refractivity contribution in [3.05, 3.63) is 33.4 Å². The average molecular weight is 924 g/mol. The van der Waals surface area contributed by atoms with Gasteiger partial charge in [0.25, 0.3) is 11.1 Å². The Bertz CT molecular complexity index is 1810. The topological polar surface area (TPSA) is 442 Å². The van der Waals surface area contributed by atoms with E-state index in [0.717, 1.165) is 0 Å². The summed E-state index contributed by atoms with van der Waals surface area (Å²) in [5.74, 6) is -0.187. The van der Waals surface area contributed by atoms with E-state index >= 15 is 0 Å². The number of aliphatic hydroxyl groups excluding tert-OH is 2. The van der Waals surface area contributed by atoms with Crippen molar-refractivity contribution < 1.29 is 78.5 Å². The van der Waals surface area contributed by atoms with Gasteiger partial charge in [0.05, 0.1) is 38.1 Å². The van der Waals surface area contributed by atoms with E-state index in [9.17, 15) is 28.9 Å². The molecule has 6 heterocycles. The first kappa shape index (κ1) is 42.1. The molecule has 4 aromatic heterocycles. The van der Waals surface area contributed by atoms with Crippen LogP contribution in [-0.4, -0.2) is 106 Å². The molecule has 18 N–H and O–H groups in total. The van der Waals surface area contributed by atoms with Crippen LogP contribution in [0.5, 0.6) is 0 Å². The number of nitrogens with one attached hydrogen (secondary N) is 2. The molecule has 2 fully saturated rings. The zero-order chi connectivity index (χ0) is 33.6. The molecular weight excluding hydrogens is 889 g/mol. The van der Waals surface area contributed by atoms with Gasteiger partial charge in [-0.05, 0) is 0 Å². The van der Waals surface area contributed by atoms with Crippen molar-refractivity contribution in [2.45, 2.75) is 49.7 Å². The van der Waals surface area contributed by atoms with E-state index in [1.54, 1.807) is 0 Å². The molecule has 2 aliphatic rings. The second-order valence-electron chi connectivity index (χ2n) is 9.99. The minimum atomic E-state index is -4.66. The van der Waals surface area contributed by atoms with E-state index in [-0.39, 0.29) is 80.4 Å². The SMILES string of the molecule is N.N.Nc1nc2c(ncn2[C@H]2C[C@H](O)[C@@H](COP(=O)(O)O)O2)c(=O)[nH]1.Nc1nc2c(ncn2[C@H]2C[C@H](O)[C@@H](COP(=O)(O)O)O2)c(=O)[nH]1.[Pt+2]. The van der Waals surface area contributed by atoms with Crippen LogP contribution < -0.4 is 34.9 Å². The molecule has 6 rings (SSSR count). The summed E-state index contributed by atoms with van der Waals surface area (Å²) in [5.41, 5.74) is 10.5. The summed E-state index contributed by atoms with van der Waals surface area (Å²) in [6.45, 7) is -0.963. The number of rotatable bonds is 8. The predicted octanol–water partition coefficient (Wildman–Crippen LogP) is -2.76. The van der Waals surface area contributed by atoms with Crippen molar-refractivity contribution in [2.75, 3.05) is 24.7 Å². The summed E-state index contributed by atoms with van der Waals surface area (Å²) < 4.78 is 44.0. The van der Waals surface area contributed by atoms with Gasteiger partial charge in [-0.25, -0.2) is 19.1 Å². The van der Waals surface area contributed by atoms with Crippen LogP contribution in [0.4, 0.5) is 11.9 Å². The molecule has 0 saturated carbocycles. The summed E-state index contributed by atoms with van der Waals surface area (Å²) in [5, 5.41) is 19.9. The second-order valence-corrected chi connectivity index (χ2v) is 12.5. The number of hydrogen-bond acceptors (Lipinski definition) is 18. The van der Waals surface area contributed by atoms with Gasteiger partial charge in [0.15, 0.2) is 22.3 Å².